The number of hydrogen-bond donors (Lipinski definition) is 2. The molecular weight excluding hydrogens is 620 g/mol. The van der Waals surface area contributed by atoms with Gasteiger partial charge in [-0.25, -0.2) is 4.79 Å². The van der Waals surface area contributed by atoms with Crippen LogP contribution in [0.3, 0.4) is 0 Å². The monoisotopic (exact) mass is 686 g/mol. The number of rotatable bonds is 12. The largest absolute Gasteiger partial charge is 0.462 e. The Labute approximate surface area is 295 Å². The molecule has 9 heteroatoms. The van der Waals surface area contributed by atoms with E-state index in [4.69, 9.17) is 14.2 Å². The molecule has 9 nitrogen and oxygen atoms in total. The molecule has 10 atom stereocenters. The fourth-order valence-electron chi connectivity index (χ4n) is 13.0. The smallest absolute Gasteiger partial charge is 0.406 e. The van der Waals surface area contributed by atoms with Crippen LogP contribution < -0.4 is 10.6 Å². The fraction of sp³-hybridized carbons (Fsp3) is 0.875. The zero-order chi connectivity index (χ0) is 35.8. The molecule has 5 aliphatic carbocycles. The van der Waals surface area contributed by atoms with Crippen LogP contribution in [0.1, 0.15) is 113 Å². The topological polar surface area (TPSA) is 112 Å². The Kier molecular flexibility index (Phi) is 11.3. The number of ether oxygens (including phenoxy) is 4. The van der Waals surface area contributed by atoms with Crippen molar-refractivity contribution in [2.75, 3.05) is 46.6 Å². The third-order valence-electron chi connectivity index (χ3n) is 15.4. The summed E-state index contributed by atoms with van der Waals surface area (Å²) < 4.78 is 21.8. The number of hydrogen-bond acceptors (Lipinski definition) is 7. The maximum atomic E-state index is 14.3. The zero-order valence-corrected chi connectivity index (χ0v) is 31.8. The normalized spacial score (nSPS) is 40.5. The summed E-state index contributed by atoms with van der Waals surface area (Å²) in [5, 5.41) is 5.89. The van der Waals surface area contributed by atoms with Crippen LogP contribution in [0, 0.1) is 56.7 Å². The first-order chi connectivity index (χ1) is 23.1. The molecule has 5 fully saturated rings. The molecule has 0 bridgehead atoms. The van der Waals surface area contributed by atoms with Crippen molar-refractivity contribution in [1.29, 1.82) is 0 Å². The number of fused-ring (bicyclic) bond motifs is 7. The van der Waals surface area contributed by atoms with E-state index in [1.807, 2.05) is 0 Å². The molecule has 0 saturated heterocycles. The Morgan fingerprint density at radius 1 is 0.735 bits per heavy atom. The number of allylic oxidation sites excluding steroid dienone is 1. The molecule has 0 unspecified atom stereocenters. The van der Waals surface area contributed by atoms with Crippen LogP contribution in [0.15, 0.2) is 12.2 Å². The summed E-state index contributed by atoms with van der Waals surface area (Å²) in [5.41, 5.74) is 1.40. The maximum absolute atomic E-state index is 14.3. The van der Waals surface area contributed by atoms with Crippen molar-refractivity contribution < 1.29 is 33.3 Å². The molecule has 5 aliphatic rings. The van der Waals surface area contributed by atoms with Gasteiger partial charge in [-0.3, -0.25) is 9.59 Å². The van der Waals surface area contributed by atoms with E-state index < -0.39 is 6.09 Å². The number of esters is 1. The highest BCUT2D eigenvalue weighted by molar-refractivity contribution is 5.84. The predicted octanol–water partition coefficient (Wildman–Crippen LogP) is 7.08. The van der Waals surface area contributed by atoms with Crippen LogP contribution in [0.2, 0.25) is 0 Å². The SMILES string of the molecule is C=C(C)[C@@H]1CC[C@]2(C(=O)NCCOCCOCCNC(=O)OC)CC[C@]3(C)[C@H](CC[C@@H]4[C@@]5(C)CC[C@H](OC(C)=O)C(C)(C)[C@@H]5CC[C@]43C)[C@@H]12. The summed E-state index contributed by atoms with van der Waals surface area (Å²) in [6.07, 6.45) is 10.4. The Morgan fingerprint density at radius 3 is 2.04 bits per heavy atom. The molecule has 0 aliphatic heterocycles. The number of carbonyl (C=O) groups is 3. The van der Waals surface area contributed by atoms with Gasteiger partial charge in [0.25, 0.3) is 0 Å². The van der Waals surface area contributed by atoms with E-state index in [1.165, 1.54) is 38.4 Å². The lowest BCUT2D eigenvalue weighted by molar-refractivity contribution is -0.248. The van der Waals surface area contributed by atoms with Crippen LogP contribution >= 0.6 is 0 Å². The van der Waals surface area contributed by atoms with Gasteiger partial charge in [0.05, 0.1) is 39.0 Å². The Balaban J connectivity index is 1.26. The lowest BCUT2D eigenvalue weighted by atomic mass is 9.32. The van der Waals surface area contributed by atoms with E-state index in [1.54, 1.807) is 6.92 Å². The van der Waals surface area contributed by atoms with Crippen LogP contribution in [-0.2, 0) is 28.5 Å². The molecule has 0 heterocycles. The van der Waals surface area contributed by atoms with Crippen LogP contribution in [0.5, 0.6) is 0 Å². The lowest BCUT2D eigenvalue weighted by Gasteiger charge is -2.72. The molecule has 2 amide bonds. The summed E-state index contributed by atoms with van der Waals surface area (Å²) in [6, 6.07) is 0. The molecular formula is C40H66N2O7. The number of nitrogens with one attached hydrogen (secondary N) is 2. The number of amides is 2. The van der Waals surface area contributed by atoms with Crippen molar-refractivity contribution in [2.45, 2.75) is 119 Å². The zero-order valence-electron chi connectivity index (χ0n) is 31.8. The molecule has 5 saturated carbocycles. The Bertz CT molecular complexity index is 1250. The van der Waals surface area contributed by atoms with Crippen molar-refractivity contribution in [2.24, 2.45) is 56.7 Å². The minimum Gasteiger partial charge on any atom is -0.462 e. The maximum Gasteiger partial charge on any atom is 0.406 e. The van der Waals surface area contributed by atoms with E-state index >= 15 is 0 Å². The minimum atomic E-state index is -0.472. The lowest BCUT2D eigenvalue weighted by Crippen LogP contribution is -2.67. The number of methoxy groups -OCH3 is 1. The van der Waals surface area contributed by atoms with Gasteiger partial charge in [0.15, 0.2) is 0 Å². The average molecular weight is 687 g/mol. The molecule has 2 N–H and O–H groups in total. The standard InChI is InChI=1S/C40H66N2O7/c1-26(2)28-12-17-40(34(44)41-20-22-47-24-25-48-23-21-42-35(45)46-9)19-18-38(7)29(33(28)40)10-11-31-37(6)15-14-32(49-27(3)43)36(4,5)30(37)13-16-39(31,38)8/h28-33H,1,10-25H2,2-9H3,(H,41,44)(H,42,45)/t28-,29+,30-,31+,32-,33+,37-,38+,39+,40-/m0/s1. The highest BCUT2D eigenvalue weighted by atomic mass is 16.5. The second-order valence-corrected chi connectivity index (χ2v) is 17.7. The second-order valence-electron chi connectivity index (χ2n) is 17.7. The van der Waals surface area contributed by atoms with Gasteiger partial charge in [-0.1, -0.05) is 46.8 Å². The summed E-state index contributed by atoms with van der Waals surface area (Å²) in [4.78, 5) is 37.5. The second kappa shape index (κ2) is 14.5. The minimum absolute atomic E-state index is 0.0106. The van der Waals surface area contributed by atoms with E-state index in [0.29, 0.717) is 69.1 Å². The van der Waals surface area contributed by atoms with E-state index in [9.17, 15) is 14.4 Å². The average Bonchev–Trinajstić information content (AvgIpc) is 3.44. The number of alkyl carbamates (subject to hydrolysis) is 1. The van der Waals surface area contributed by atoms with Crippen molar-refractivity contribution in [3.63, 3.8) is 0 Å². The van der Waals surface area contributed by atoms with Crippen LogP contribution in [0.25, 0.3) is 0 Å². The molecule has 0 radical (unpaired) electrons. The first-order valence-corrected chi connectivity index (χ1v) is 19.2. The molecule has 278 valence electrons. The van der Waals surface area contributed by atoms with E-state index in [-0.39, 0.29) is 45.1 Å². The van der Waals surface area contributed by atoms with Gasteiger partial charge in [-0.05, 0) is 117 Å². The molecule has 0 spiro atoms. The summed E-state index contributed by atoms with van der Waals surface area (Å²) >= 11 is 0. The third kappa shape index (κ3) is 6.58. The molecule has 0 aromatic rings. The first kappa shape index (κ1) is 38.1. The van der Waals surface area contributed by atoms with Gasteiger partial charge in [0, 0.05) is 25.4 Å². The van der Waals surface area contributed by atoms with Crippen LogP contribution in [0.4, 0.5) is 4.79 Å². The van der Waals surface area contributed by atoms with Crippen molar-refractivity contribution in [3.8, 4) is 0 Å². The predicted molar refractivity (Wildman–Crippen MR) is 190 cm³/mol. The van der Waals surface area contributed by atoms with Crippen LogP contribution in [-0.4, -0.2) is 70.7 Å². The first-order valence-electron chi connectivity index (χ1n) is 19.2. The molecule has 5 rings (SSSR count). The van der Waals surface area contributed by atoms with E-state index in [0.717, 1.165) is 38.5 Å². The van der Waals surface area contributed by atoms with E-state index in [2.05, 4.69) is 63.5 Å². The van der Waals surface area contributed by atoms with Crippen molar-refractivity contribution in [1.82, 2.24) is 10.6 Å². The third-order valence-corrected chi connectivity index (χ3v) is 15.4. The summed E-state index contributed by atoms with van der Waals surface area (Å²) in [5.74, 6) is 2.38. The Hall–Kier alpha value is -2.13. The number of carbonyl (C=O) groups excluding carboxylic acids is 3. The highest BCUT2D eigenvalue weighted by Crippen LogP contribution is 2.77. The fourth-order valence-corrected chi connectivity index (χ4v) is 13.0. The van der Waals surface area contributed by atoms with Gasteiger partial charge in [0.2, 0.25) is 5.91 Å². The molecule has 0 aromatic carbocycles. The summed E-state index contributed by atoms with van der Waals surface area (Å²) in [6.45, 7) is 23.3. The highest BCUT2D eigenvalue weighted by Gasteiger charge is 2.72. The quantitative estimate of drug-likeness (QED) is 0.128. The van der Waals surface area contributed by atoms with Gasteiger partial charge < -0.3 is 29.6 Å². The van der Waals surface area contributed by atoms with Crippen molar-refractivity contribution >= 4 is 18.0 Å². The molecule has 49 heavy (non-hydrogen) atoms. The van der Waals surface area contributed by atoms with Gasteiger partial charge in [-0.15, -0.1) is 0 Å². The van der Waals surface area contributed by atoms with Gasteiger partial charge >= 0.3 is 12.1 Å². The summed E-state index contributed by atoms with van der Waals surface area (Å²) in [7, 11) is 1.33. The van der Waals surface area contributed by atoms with Gasteiger partial charge in [-0.2, -0.15) is 0 Å². The van der Waals surface area contributed by atoms with Gasteiger partial charge in [0.1, 0.15) is 6.10 Å². The molecule has 0 aromatic heterocycles. The van der Waals surface area contributed by atoms with Crippen molar-refractivity contribution in [3.05, 3.63) is 12.2 Å². The Morgan fingerprint density at radius 2 is 1.41 bits per heavy atom.